The monoisotopic (exact) mass is 488 g/mol. The number of ether oxygens (including phenoxy) is 1. The summed E-state index contributed by atoms with van der Waals surface area (Å²) in [4.78, 5) is 27.7. The van der Waals surface area contributed by atoms with Crippen LogP contribution in [0, 0.1) is 6.92 Å². The van der Waals surface area contributed by atoms with Crippen molar-refractivity contribution in [2.24, 2.45) is 0 Å². The van der Waals surface area contributed by atoms with E-state index in [2.05, 4.69) is 28.2 Å². The molecular weight excluding hydrogens is 456 g/mol. The number of nitrogens with zero attached hydrogens (tertiary/aromatic N) is 1. The van der Waals surface area contributed by atoms with Gasteiger partial charge in [-0.05, 0) is 72.8 Å². The van der Waals surface area contributed by atoms with Crippen molar-refractivity contribution in [2.75, 3.05) is 6.61 Å². The van der Waals surface area contributed by atoms with E-state index in [1.165, 1.54) is 5.56 Å². The van der Waals surface area contributed by atoms with Gasteiger partial charge in [-0.25, -0.2) is 0 Å². The highest BCUT2D eigenvalue weighted by Crippen LogP contribution is 2.26. The summed E-state index contributed by atoms with van der Waals surface area (Å²) in [5.41, 5.74) is 3.28. The van der Waals surface area contributed by atoms with Crippen LogP contribution in [0.15, 0.2) is 46.9 Å². The van der Waals surface area contributed by atoms with Crippen LogP contribution in [0.4, 0.5) is 0 Å². The lowest BCUT2D eigenvalue weighted by atomic mass is 10.1. The van der Waals surface area contributed by atoms with Gasteiger partial charge in [-0.2, -0.15) is 0 Å². The van der Waals surface area contributed by atoms with Gasteiger partial charge in [0.2, 0.25) is 5.91 Å². The van der Waals surface area contributed by atoms with Gasteiger partial charge in [0.05, 0.1) is 4.47 Å². The zero-order valence-corrected chi connectivity index (χ0v) is 20.7. The summed E-state index contributed by atoms with van der Waals surface area (Å²) in [7, 11) is 0. The Kier molecular flexibility index (Phi) is 9.56. The zero-order chi connectivity index (χ0) is 23.0. The van der Waals surface area contributed by atoms with E-state index in [-0.39, 0.29) is 24.5 Å². The maximum absolute atomic E-state index is 13.2. The summed E-state index contributed by atoms with van der Waals surface area (Å²) in [6.45, 7) is 10.1. The van der Waals surface area contributed by atoms with Crippen LogP contribution in [0.5, 0.6) is 5.75 Å². The molecule has 0 aromatic heterocycles. The lowest BCUT2D eigenvalue weighted by Gasteiger charge is -2.31. The fourth-order valence-corrected chi connectivity index (χ4v) is 3.95. The van der Waals surface area contributed by atoms with Crippen LogP contribution in [0.2, 0.25) is 0 Å². The lowest BCUT2D eigenvalue weighted by molar-refractivity contribution is -0.143. The molecule has 0 unspecified atom stereocenters. The van der Waals surface area contributed by atoms with E-state index in [9.17, 15) is 9.59 Å². The molecule has 2 aromatic carbocycles. The minimum atomic E-state index is -0.565. The average molecular weight is 489 g/mol. The van der Waals surface area contributed by atoms with Gasteiger partial charge in [-0.3, -0.25) is 9.59 Å². The third-order valence-corrected chi connectivity index (χ3v) is 5.63. The highest BCUT2D eigenvalue weighted by atomic mass is 79.9. The maximum Gasteiger partial charge on any atom is 0.261 e. The van der Waals surface area contributed by atoms with Crippen LogP contribution in [0.3, 0.4) is 0 Å². The molecule has 0 aliphatic carbocycles. The van der Waals surface area contributed by atoms with E-state index in [4.69, 9.17) is 4.74 Å². The van der Waals surface area contributed by atoms with Crippen molar-refractivity contribution >= 4 is 27.7 Å². The first-order valence-corrected chi connectivity index (χ1v) is 11.6. The van der Waals surface area contributed by atoms with E-state index in [0.717, 1.165) is 22.0 Å². The highest BCUT2D eigenvalue weighted by molar-refractivity contribution is 9.10. The summed E-state index contributed by atoms with van der Waals surface area (Å²) < 4.78 is 6.64. The second kappa shape index (κ2) is 11.9. The van der Waals surface area contributed by atoms with Crippen molar-refractivity contribution < 1.29 is 14.3 Å². The van der Waals surface area contributed by atoms with Crippen LogP contribution in [0.1, 0.15) is 50.8 Å². The molecule has 0 fully saturated rings. The van der Waals surface area contributed by atoms with E-state index in [0.29, 0.717) is 18.7 Å². The van der Waals surface area contributed by atoms with Crippen LogP contribution >= 0.6 is 15.9 Å². The average Bonchev–Trinajstić information content (AvgIpc) is 2.71. The minimum absolute atomic E-state index is 0.00163. The number of carbonyl (C=O) groups is 2. The molecule has 0 spiro atoms. The smallest absolute Gasteiger partial charge is 0.261 e. The number of amides is 2. The normalized spacial score (nSPS) is 11.8. The Morgan fingerprint density at radius 1 is 1.10 bits per heavy atom. The molecule has 0 saturated heterocycles. The molecule has 0 aliphatic heterocycles. The van der Waals surface area contributed by atoms with Gasteiger partial charge in [0.1, 0.15) is 11.8 Å². The number of halogens is 1. The molecular formula is C25H33BrN2O3. The summed E-state index contributed by atoms with van der Waals surface area (Å²) in [6, 6.07) is 13.3. The standard InChI is InChI=1S/C25H33BrN2O3/c1-6-19-11-12-23(21(26)14-19)31-16-24(29)28(15-20-10-8-9-18(5)13-20)22(7-2)25(30)27-17(3)4/h8-14,17,22H,6-7,15-16H2,1-5H3,(H,27,30)/t22-/m0/s1. The molecule has 2 aromatic rings. The molecule has 1 atom stereocenters. The molecule has 2 amide bonds. The lowest BCUT2D eigenvalue weighted by Crippen LogP contribution is -2.51. The molecule has 0 aliphatic rings. The second-order valence-corrected chi connectivity index (χ2v) is 8.86. The van der Waals surface area contributed by atoms with Crippen molar-refractivity contribution in [1.29, 1.82) is 0 Å². The first-order valence-electron chi connectivity index (χ1n) is 10.8. The molecule has 168 valence electrons. The van der Waals surface area contributed by atoms with Crippen molar-refractivity contribution in [3.05, 3.63) is 63.6 Å². The van der Waals surface area contributed by atoms with E-state index >= 15 is 0 Å². The Morgan fingerprint density at radius 3 is 2.42 bits per heavy atom. The molecule has 0 bridgehead atoms. The Bertz CT molecular complexity index is 898. The van der Waals surface area contributed by atoms with Gasteiger partial charge >= 0.3 is 0 Å². The molecule has 0 heterocycles. The van der Waals surface area contributed by atoms with Crippen molar-refractivity contribution in [3.8, 4) is 5.75 Å². The molecule has 5 nitrogen and oxygen atoms in total. The van der Waals surface area contributed by atoms with Gasteiger partial charge in [-0.1, -0.05) is 49.7 Å². The van der Waals surface area contributed by atoms with E-state index < -0.39 is 6.04 Å². The SMILES string of the molecule is CCc1ccc(OCC(=O)N(Cc2cccc(C)c2)[C@@H](CC)C(=O)NC(C)C)c(Br)c1. The third-order valence-electron chi connectivity index (χ3n) is 5.01. The Morgan fingerprint density at radius 2 is 1.84 bits per heavy atom. The quantitative estimate of drug-likeness (QED) is 0.509. The molecule has 2 rings (SSSR count). The van der Waals surface area contributed by atoms with Crippen molar-refractivity contribution in [3.63, 3.8) is 0 Å². The summed E-state index contributed by atoms with van der Waals surface area (Å²) in [5.74, 6) is 0.242. The Labute approximate surface area is 194 Å². The summed E-state index contributed by atoms with van der Waals surface area (Å²) >= 11 is 3.52. The van der Waals surface area contributed by atoms with Crippen molar-refractivity contribution in [1.82, 2.24) is 10.2 Å². The van der Waals surface area contributed by atoms with Gasteiger partial charge in [0.15, 0.2) is 6.61 Å². The number of carbonyl (C=O) groups excluding carboxylic acids is 2. The summed E-state index contributed by atoms with van der Waals surface area (Å²) in [5, 5.41) is 2.94. The predicted octanol–water partition coefficient (Wildman–Crippen LogP) is 5.03. The van der Waals surface area contributed by atoms with Gasteiger partial charge in [0.25, 0.3) is 5.91 Å². The first-order chi connectivity index (χ1) is 14.7. The Hall–Kier alpha value is -2.34. The van der Waals surface area contributed by atoms with Gasteiger partial charge in [0, 0.05) is 12.6 Å². The molecule has 0 saturated carbocycles. The van der Waals surface area contributed by atoms with Crippen LogP contribution in [-0.2, 0) is 22.6 Å². The van der Waals surface area contributed by atoms with Gasteiger partial charge < -0.3 is 15.0 Å². The number of hydrogen-bond donors (Lipinski definition) is 1. The topological polar surface area (TPSA) is 58.6 Å². The predicted molar refractivity (Wildman–Crippen MR) is 128 cm³/mol. The molecule has 6 heteroatoms. The van der Waals surface area contributed by atoms with Gasteiger partial charge in [-0.15, -0.1) is 0 Å². The number of aryl methyl sites for hydroxylation is 2. The highest BCUT2D eigenvalue weighted by Gasteiger charge is 2.29. The van der Waals surface area contributed by atoms with Crippen LogP contribution < -0.4 is 10.1 Å². The number of hydrogen-bond acceptors (Lipinski definition) is 3. The zero-order valence-electron chi connectivity index (χ0n) is 19.1. The van der Waals surface area contributed by atoms with Crippen LogP contribution in [-0.4, -0.2) is 35.4 Å². The number of nitrogens with one attached hydrogen (secondary N) is 1. The van der Waals surface area contributed by atoms with E-state index in [1.54, 1.807) is 4.90 Å². The molecule has 1 N–H and O–H groups in total. The summed E-state index contributed by atoms with van der Waals surface area (Å²) in [6.07, 6.45) is 1.44. The fourth-order valence-electron chi connectivity index (χ4n) is 3.41. The second-order valence-electron chi connectivity index (χ2n) is 8.01. The first kappa shape index (κ1) is 24.9. The largest absolute Gasteiger partial charge is 0.483 e. The number of benzene rings is 2. The Balaban J connectivity index is 2.23. The van der Waals surface area contributed by atoms with E-state index in [1.807, 2.05) is 70.2 Å². The van der Waals surface area contributed by atoms with Crippen molar-refractivity contribution in [2.45, 2.75) is 66.1 Å². The maximum atomic E-state index is 13.2. The third kappa shape index (κ3) is 7.39. The molecule has 0 radical (unpaired) electrons. The fraction of sp³-hybridized carbons (Fsp3) is 0.440. The van der Waals surface area contributed by atoms with Crippen LogP contribution in [0.25, 0.3) is 0 Å². The number of rotatable bonds is 10. The minimum Gasteiger partial charge on any atom is -0.483 e. The molecule has 31 heavy (non-hydrogen) atoms.